The van der Waals surface area contributed by atoms with Crippen LogP contribution in [0.2, 0.25) is 0 Å². The van der Waals surface area contributed by atoms with E-state index in [0.29, 0.717) is 27.5 Å². The highest BCUT2D eigenvalue weighted by Crippen LogP contribution is 2.33. The number of aryl methyl sites for hydroxylation is 1. The number of hydrogen-bond donors (Lipinski definition) is 0. The van der Waals surface area contributed by atoms with Crippen LogP contribution < -0.4 is 16.0 Å². The van der Waals surface area contributed by atoms with Gasteiger partial charge in [0.1, 0.15) is 35.2 Å². The van der Waals surface area contributed by atoms with Crippen LogP contribution in [0.25, 0.3) is 33.1 Å². The van der Waals surface area contributed by atoms with Gasteiger partial charge in [0.25, 0.3) is 0 Å². The van der Waals surface area contributed by atoms with Crippen LogP contribution in [0.5, 0.6) is 5.75 Å². The first-order valence-electron chi connectivity index (χ1n) is 10.1. The van der Waals surface area contributed by atoms with Gasteiger partial charge >= 0.3 is 11.3 Å². The highest BCUT2D eigenvalue weighted by Gasteiger charge is 2.17. The van der Waals surface area contributed by atoms with Gasteiger partial charge in [-0.25, -0.2) is 18.4 Å². The number of ether oxygens (including phenoxy) is 1. The molecule has 5 nitrogen and oxygen atoms in total. The zero-order valence-electron chi connectivity index (χ0n) is 17.4. The maximum atomic E-state index is 13.9. The van der Waals surface area contributed by atoms with E-state index in [4.69, 9.17) is 13.6 Å². The van der Waals surface area contributed by atoms with Gasteiger partial charge < -0.3 is 13.6 Å². The molecular weight excluding hydrogens is 430 g/mol. The van der Waals surface area contributed by atoms with E-state index >= 15 is 0 Å². The van der Waals surface area contributed by atoms with Gasteiger partial charge in [0.2, 0.25) is 0 Å². The van der Waals surface area contributed by atoms with Crippen LogP contribution in [0.15, 0.2) is 85.2 Å². The molecule has 0 bridgehead atoms. The first-order chi connectivity index (χ1) is 15.9. The van der Waals surface area contributed by atoms with E-state index in [9.17, 15) is 18.4 Å². The summed E-state index contributed by atoms with van der Waals surface area (Å²) in [5.41, 5.74) is 0.208. The predicted molar refractivity (Wildman–Crippen MR) is 119 cm³/mol. The summed E-state index contributed by atoms with van der Waals surface area (Å²) in [6.45, 7) is 1.31. The minimum absolute atomic E-state index is 0.205. The molecule has 0 radical (unpaired) electrons. The van der Waals surface area contributed by atoms with Gasteiger partial charge in [-0.2, -0.15) is 0 Å². The molecule has 0 aliphatic carbocycles. The summed E-state index contributed by atoms with van der Waals surface area (Å²) in [7, 11) is 0. The highest BCUT2D eigenvalue weighted by atomic mass is 19.1. The Morgan fingerprint density at radius 1 is 0.848 bits per heavy atom. The Bertz CT molecular complexity index is 1630. The monoisotopic (exact) mass is 446 g/mol. The summed E-state index contributed by atoms with van der Waals surface area (Å²) in [5, 5.41) is 1.20. The van der Waals surface area contributed by atoms with Crippen molar-refractivity contribution in [1.82, 2.24) is 0 Å². The van der Waals surface area contributed by atoms with Crippen molar-refractivity contribution in [2.75, 3.05) is 0 Å². The number of benzene rings is 3. The van der Waals surface area contributed by atoms with E-state index in [0.717, 1.165) is 12.1 Å². The van der Waals surface area contributed by atoms with Crippen molar-refractivity contribution in [1.29, 1.82) is 0 Å². The second-order valence-electron chi connectivity index (χ2n) is 7.52. The molecule has 0 spiro atoms. The minimum atomic E-state index is -0.717. The van der Waals surface area contributed by atoms with Gasteiger partial charge in [-0.15, -0.1) is 0 Å². The van der Waals surface area contributed by atoms with Crippen LogP contribution in [0.4, 0.5) is 8.78 Å². The molecule has 0 fully saturated rings. The fourth-order valence-corrected chi connectivity index (χ4v) is 3.79. The lowest BCUT2D eigenvalue weighted by Crippen LogP contribution is -2.07. The fraction of sp³-hybridized carbons (Fsp3) is 0.0769. The first-order valence-corrected chi connectivity index (χ1v) is 10.1. The molecular formula is C26H16F2O5. The van der Waals surface area contributed by atoms with Crippen molar-refractivity contribution in [3.8, 4) is 16.9 Å². The first kappa shape index (κ1) is 20.6. The van der Waals surface area contributed by atoms with Gasteiger partial charge in [0.05, 0.1) is 11.1 Å². The van der Waals surface area contributed by atoms with Gasteiger partial charge in [-0.1, -0.05) is 24.3 Å². The maximum absolute atomic E-state index is 13.9. The zero-order chi connectivity index (χ0) is 23.1. The SMILES string of the molecule is Cc1c(OCc2c(F)cccc2F)ccc2c(-c3cc4ccccc4oc3=O)cc(=O)oc12. The fourth-order valence-electron chi connectivity index (χ4n) is 3.79. The molecule has 2 heterocycles. The molecule has 0 amide bonds. The quantitative estimate of drug-likeness (QED) is 0.330. The van der Waals surface area contributed by atoms with Gasteiger partial charge in [0.15, 0.2) is 0 Å². The van der Waals surface area contributed by atoms with Crippen molar-refractivity contribution in [3.63, 3.8) is 0 Å². The molecule has 0 N–H and O–H groups in total. The Morgan fingerprint density at radius 2 is 1.61 bits per heavy atom. The van der Waals surface area contributed by atoms with E-state index in [-0.39, 0.29) is 29.1 Å². The number of halogens is 2. The standard InChI is InChI=1S/C26H16F2O5/c1-14-22(31-13-19-20(27)6-4-7-21(19)28)10-9-16-17(12-24(29)33-25(14)16)18-11-15-5-2-3-8-23(15)32-26(18)30/h2-12H,13H2,1H3. The van der Waals surface area contributed by atoms with Crippen molar-refractivity contribution in [2.45, 2.75) is 13.5 Å². The third kappa shape index (κ3) is 3.67. The number of rotatable bonds is 4. The lowest BCUT2D eigenvalue weighted by Gasteiger charge is -2.13. The third-order valence-corrected chi connectivity index (χ3v) is 5.48. The van der Waals surface area contributed by atoms with E-state index in [1.807, 2.05) is 6.07 Å². The Hall–Kier alpha value is -4.26. The molecule has 7 heteroatoms. The summed E-state index contributed by atoms with van der Waals surface area (Å²) in [4.78, 5) is 25.0. The maximum Gasteiger partial charge on any atom is 0.344 e. The second-order valence-corrected chi connectivity index (χ2v) is 7.52. The van der Waals surface area contributed by atoms with E-state index in [2.05, 4.69) is 0 Å². The van der Waals surface area contributed by atoms with Crippen LogP contribution in [0.1, 0.15) is 11.1 Å². The minimum Gasteiger partial charge on any atom is -0.488 e. The van der Waals surface area contributed by atoms with E-state index in [1.165, 1.54) is 12.1 Å². The average Bonchev–Trinajstić information content (AvgIpc) is 2.79. The molecule has 0 aliphatic heterocycles. The molecule has 33 heavy (non-hydrogen) atoms. The van der Waals surface area contributed by atoms with Gasteiger partial charge in [-0.05, 0) is 43.3 Å². The van der Waals surface area contributed by atoms with Gasteiger partial charge in [-0.3, -0.25) is 0 Å². The van der Waals surface area contributed by atoms with Crippen molar-refractivity contribution in [3.05, 3.63) is 110 Å². The molecule has 0 aliphatic rings. The van der Waals surface area contributed by atoms with Crippen LogP contribution in [-0.2, 0) is 6.61 Å². The largest absolute Gasteiger partial charge is 0.488 e. The summed E-state index contributed by atoms with van der Waals surface area (Å²) in [5.74, 6) is -1.15. The van der Waals surface area contributed by atoms with Crippen LogP contribution >= 0.6 is 0 Å². The van der Waals surface area contributed by atoms with Gasteiger partial charge in [0, 0.05) is 28.0 Å². The van der Waals surface area contributed by atoms with Crippen LogP contribution in [-0.4, -0.2) is 0 Å². The summed E-state index contributed by atoms with van der Waals surface area (Å²) >= 11 is 0. The summed E-state index contributed by atoms with van der Waals surface area (Å²) < 4.78 is 44.3. The van der Waals surface area contributed by atoms with E-state index < -0.39 is 22.9 Å². The molecule has 0 unspecified atom stereocenters. The number of fused-ring (bicyclic) bond motifs is 2. The lowest BCUT2D eigenvalue weighted by molar-refractivity contribution is 0.290. The van der Waals surface area contributed by atoms with Crippen molar-refractivity contribution in [2.24, 2.45) is 0 Å². The van der Waals surface area contributed by atoms with Crippen LogP contribution in [0, 0.1) is 18.6 Å². The summed E-state index contributed by atoms with van der Waals surface area (Å²) in [6.07, 6.45) is 0. The molecule has 3 aromatic carbocycles. The van der Waals surface area contributed by atoms with E-state index in [1.54, 1.807) is 43.3 Å². The average molecular weight is 446 g/mol. The Labute approximate surface area is 185 Å². The molecule has 164 valence electrons. The topological polar surface area (TPSA) is 69.7 Å². The normalized spacial score (nSPS) is 11.2. The lowest BCUT2D eigenvalue weighted by atomic mass is 10.0. The molecule has 5 rings (SSSR count). The molecule has 0 atom stereocenters. The third-order valence-electron chi connectivity index (χ3n) is 5.48. The van der Waals surface area contributed by atoms with Crippen molar-refractivity contribution >= 4 is 21.9 Å². The highest BCUT2D eigenvalue weighted by molar-refractivity contribution is 5.96. The predicted octanol–water partition coefficient (Wildman–Crippen LogP) is 5.73. The molecule has 0 saturated carbocycles. The smallest absolute Gasteiger partial charge is 0.344 e. The number of hydrogen-bond acceptors (Lipinski definition) is 5. The molecule has 2 aromatic heterocycles. The Morgan fingerprint density at radius 3 is 2.39 bits per heavy atom. The van der Waals surface area contributed by atoms with Crippen LogP contribution in [0.3, 0.4) is 0 Å². The summed E-state index contributed by atoms with van der Waals surface area (Å²) in [6, 6.07) is 16.8. The molecule has 5 aromatic rings. The number of para-hydroxylation sites is 1. The second kappa shape index (κ2) is 8.02. The Kier molecular flexibility index (Phi) is 5.01. The zero-order valence-corrected chi connectivity index (χ0v) is 17.4. The van der Waals surface area contributed by atoms with Crippen molar-refractivity contribution < 1.29 is 22.4 Å². The molecule has 0 saturated heterocycles. The Balaban J connectivity index is 1.62.